The molecule has 8 heavy (non-hydrogen) atoms. The Morgan fingerprint density at radius 3 is 2.25 bits per heavy atom. The first-order chi connectivity index (χ1) is 3.68. The average Bonchev–Trinajstić information content (AvgIpc) is 1.67. The first-order valence-electron chi connectivity index (χ1n) is 2.68. The van der Waals surface area contributed by atoms with Crippen molar-refractivity contribution in [2.75, 3.05) is 0 Å². The van der Waals surface area contributed by atoms with Crippen LogP contribution >= 0.6 is 0 Å². The number of nitrogens with zero attached hydrogens (tertiary/aromatic N) is 1. The maximum atomic E-state index is 4.93. The highest BCUT2D eigenvalue weighted by Gasteiger charge is 1.94. The molecule has 3 heteroatoms. The highest BCUT2D eigenvalue weighted by Crippen LogP contribution is 1.93. The molecule has 0 aliphatic rings. The van der Waals surface area contributed by atoms with E-state index >= 15 is 0 Å². The van der Waals surface area contributed by atoms with Gasteiger partial charge in [0.05, 0.1) is 0 Å². The van der Waals surface area contributed by atoms with Gasteiger partial charge in [0.2, 0.25) is 0 Å². The quantitative estimate of drug-likeness (QED) is 0.312. The third kappa shape index (κ3) is 2.58. The van der Waals surface area contributed by atoms with Gasteiger partial charge in [-0.25, -0.2) is 11.4 Å². The van der Waals surface area contributed by atoms with Gasteiger partial charge in [0.1, 0.15) is 0 Å². The number of hydrogen-bond donors (Lipinski definition) is 2. The van der Waals surface area contributed by atoms with Crippen LogP contribution in [0.5, 0.6) is 0 Å². The Labute approximate surface area is 49.9 Å². The van der Waals surface area contributed by atoms with E-state index in [1.807, 2.05) is 6.92 Å². The third-order valence-corrected chi connectivity index (χ3v) is 1.08. The largest absolute Gasteiger partial charge is 0.246 e. The molecule has 0 aliphatic heterocycles. The van der Waals surface area contributed by atoms with Gasteiger partial charge < -0.3 is 0 Å². The van der Waals surface area contributed by atoms with E-state index in [-0.39, 0.29) is 0 Å². The number of nitrogens with two attached hydrogens (primary N) is 1. The van der Waals surface area contributed by atoms with Gasteiger partial charge in [-0.3, -0.25) is 0 Å². The lowest BCUT2D eigenvalue weighted by Crippen LogP contribution is -2.18. The standard InChI is InChI=1S/C5H13N3/c1-4(2)5(3)7-8-6/h4,8H,6H2,1-3H3/b7-5+. The van der Waals surface area contributed by atoms with E-state index in [1.165, 1.54) is 0 Å². The predicted octanol–water partition coefficient (Wildman–Crippen LogP) is 0.482. The number of hydrazone groups is 1. The van der Waals surface area contributed by atoms with Crippen molar-refractivity contribution in [3.05, 3.63) is 0 Å². The molecule has 0 aromatic rings. The van der Waals surface area contributed by atoms with Crippen molar-refractivity contribution >= 4 is 5.71 Å². The molecule has 0 atom stereocenters. The summed E-state index contributed by atoms with van der Waals surface area (Å²) in [6.45, 7) is 6.07. The smallest absolute Gasteiger partial charge is 0.0388 e. The molecule has 0 aromatic carbocycles. The van der Waals surface area contributed by atoms with Crippen LogP contribution in [0.2, 0.25) is 0 Å². The molecule has 0 aromatic heterocycles. The van der Waals surface area contributed by atoms with Gasteiger partial charge in [0.15, 0.2) is 0 Å². The fraction of sp³-hybridized carbons (Fsp3) is 0.800. The number of hydrazine groups is 1. The van der Waals surface area contributed by atoms with Gasteiger partial charge in [0.25, 0.3) is 0 Å². The SMILES string of the molecule is C/C(=N\NN)C(C)C. The van der Waals surface area contributed by atoms with Crippen molar-refractivity contribution in [3.63, 3.8) is 0 Å². The molecular weight excluding hydrogens is 102 g/mol. The van der Waals surface area contributed by atoms with Crippen LogP contribution in [-0.2, 0) is 0 Å². The van der Waals surface area contributed by atoms with Gasteiger partial charge in [-0.1, -0.05) is 13.8 Å². The van der Waals surface area contributed by atoms with Crippen LogP contribution in [0.25, 0.3) is 0 Å². The zero-order chi connectivity index (χ0) is 6.57. The Bertz CT molecular complexity index is 85.7. The van der Waals surface area contributed by atoms with Gasteiger partial charge in [-0.15, -0.1) is 0 Å². The van der Waals surface area contributed by atoms with E-state index in [1.54, 1.807) is 0 Å². The molecular formula is C5H13N3. The summed E-state index contributed by atoms with van der Waals surface area (Å²) in [4.78, 5) is 0. The Balaban J connectivity index is 3.61. The molecule has 0 aliphatic carbocycles. The molecule has 0 unspecified atom stereocenters. The third-order valence-electron chi connectivity index (χ3n) is 1.08. The molecule has 3 N–H and O–H groups in total. The zero-order valence-corrected chi connectivity index (χ0v) is 5.60. The van der Waals surface area contributed by atoms with E-state index in [0.29, 0.717) is 5.92 Å². The fourth-order valence-corrected chi connectivity index (χ4v) is 0.231. The van der Waals surface area contributed by atoms with Gasteiger partial charge in [-0.2, -0.15) is 5.10 Å². The molecule has 0 heterocycles. The van der Waals surface area contributed by atoms with Crippen LogP contribution < -0.4 is 11.4 Å². The summed E-state index contributed by atoms with van der Waals surface area (Å²) in [5, 5.41) is 3.77. The number of rotatable bonds is 2. The highest BCUT2D eigenvalue weighted by atomic mass is 15.5. The second-order valence-corrected chi connectivity index (χ2v) is 2.04. The van der Waals surface area contributed by atoms with Crippen LogP contribution in [0.1, 0.15) is 20.8 Å². The van der Waals surface area contributed by atoms with Crippen molar-refractivity contribution < 1.29 is 0 Å². The Kier molecular flexibility index (Phi) is 3.19. The van der Waals surface area contributed by atoms with Crippen LogP contribution in [0.4, 0.5) is 0 Å². The van der Waals surface area contributed by atoms with E-state index in [4.69, 9.17) is 5.84 Å². The first kappa shape index (κ1) is 7.43. The molecule has 0 rings (SSSR count). The lowest BCUT2D eigenvalue weighted by atomic mass is 10.1. The molecule has 0 radical (unpaired) electrons. The van der Waals surface area contributed by atoms with Gasteiger partial charge in [0, 0.05) is 5.71 Å². The van der Waals surface area contributed by atoms with Gasteiger partial charge in [-0.05, 0) is 12.8 Å². The van der Waals surface area contributed by atoms with Crippen molar-refractivity contribution in [1.82, 2.24) is 5.53 Å². The summed E-state index contributed by atoms with van der Waals surface area (Å²) in [6.07, 6.45) is 0. The maximum absolute atomic E-state index is 4.93. The highest BCUT2D eigenvalue weighted by molar-refractivity contribution is 5.83. The van der Waals surface area contributed by atoms with Crippen LogP contribution in [0, 0.1) is 5.92 Å². The van der Waals surface area contributed by atoms with Crippen molar-refractivity contribution in [2.24, 2.45) is 16.9 Å². The molecule has 0 bridgehead atoms. The summed E-state index contributed by atoms with van der Waals surface area (Å²) in [6, 6.07) is 0. The summed E-state index contributed by atoms with van der Waals surface area (Å²) in [7, 11) is 0. The second-order valence-electron chi connectivity index (χ2n) is 2.04. The predicted molar refractivity (Wildman–Crippen MR) is 35.3 cm³/mol. The first-order valence-corrected chi connectivity index (χ1v) is 2.68. The monoisotopic (exact) mass is 115 g/mol. The van der Waals surface area contributed by atoms with E-state index in [2.05, 4.69) is 24.5 Å². The Morgan fingerprint density at radius 1 is 1.62 bits per heavy atom. The normalized spacial score (nSPS) is 12.4. The number of nitrogens with one attached hydrogen (secondary N) is 1. The number of hydrogen-bond acceptors (Lipinski definition) is 3. The van der Waals surface area contributed by atoms with E-state index < -0.39 is 0 Å². The zero-order valence-electron chi connectivity index (χ0n) is 5.60. The summed E-state index contributed by atoms with van der Waals surface area (Å²) in [5.74, 6) is 5.41. The van der Waals surface area contributed by atoms with Crippen LogP contribution in [0.15, 0.2) is 5.10 Å². The van der Waals surface area contributed by atoms with Crippen molar-refractivity contribution in [1.29, 1.82) is 0 Å². The van der Waals surface area contributed by atoms with E-state index in [0.717, 1.165) is 5.71 Å². The minimum atomic E-state index is 0.478. The van der Waals surface area contributed by atoms with Crippen molar-refractivity contribution in [2.45, 2.75) is 20.8 Å². The second kappa shape index (κ2) is 3.43. The minimum absolute atomic E-state index is 0.478. The van der Waals surface area contributed by atoms with E-state index in [9.17, 15) is 0 Å². The van der Waals surface area contributed by atoms with Gasteiger partial charge >= 0.3 is 0 Å². The molecule has 0 saturated carbocycles. The van der Waals surface area contributed by atoms with Crippen LogP contribution in [0.3, 0.4) is 0 Å². The fourth-order valence-electron chi connectivity index (χ4n) is 0.231. The molecule has 0 amide bonds. The molecule has 0 fully saturated rings. The topological polar surface area (TPSA) is 50.4 Å². The molecule has 48 valence electrons. The average molecular weight is 115 g/mol. The molecule has 0 spiro atoms. The van der Waals surface area contributed by atoms with Crippen LogP contribution in [-0.4, -0.2) is 5.71 Å². The molecule has 3 nitrogen and oxygen atoms in total. The maximum Gasteiger partial charge on any atom is 0.0388 e. The summed E-state index contributed by atoms with van der Waals surface area (Å²) >= 11 is 0. The Hall–Kier alpha value is -0.570. The summed E-state index contributed by atoms with van der Waals surface area (Å²) < 4.78 is 0. The lowest BCUT2D eigenvalue weighted by molar-refractivity contribution is 0.770. The summed E-state index contributed by atoms with van der Waals surface area (Å²) in [5.41, 5.74) is 3.26. The minimum Gasteiger partial charge on any atom is -0.246 e. The molecule has 0 saturated heterocycles. The Morgan fingerprint density at radius 2 is 2.12 bits per heavy atom. The lowest BCUT2D eigenvalue weighted by Gasteiger charge is -2.00. The van der Waals surface area contributed by atoms with Crippen molar-refractivity contribution in [3.8, 4) is 0 Å².